The first-order valence-corrected chi connectivity index (χ1v) is 5.98. The number of nitrogens with zero attached hydrogens (tertiary/aromatic N) is 3. The number of hydroxylamine groups is 2. The summed E-state index contributed by atoms with van der Waals surface area (Å²) < 4.78 is 4.97. The smallest absolute Gasteiger partial charge is 0.246 e. The zero-order chi connectivity index (χ0) is 12.1. The van der Waals surface area contributed by atoms with E-state index in [4.69, 9.17) is 9.36 Å². The van der Waals surface area contributed by atoms with Crippen LogP contribution in [0.5, 0.6) is 0 Å². The standard InChI is InChI=1S/C11H17N3O3/c1-9-12-10(17-13-9)5-4-6-11(15)14-7-2-3-8-16-14/h2-8H2,1H3. The van der Waals surface area contributed by atoms with Crippen molar-refractivity contribution in [1.29, 1.82) is 0 Å². The highest BCUT2D eigenvalue weighted by Gasteiger charge is 2.17. The van der Waals surface area contributed by atoms with E-state index in [2.05, 4.69) is 10.1 Å². The molecule has 0 unspecified atom stereocenters. The molecule has 0 radical (unpaired) electrons. The second-order valence-corrected chi connectivity index (χ2v) is 4.13. The molecule has 1 aliphatic rings. The molecule has 2 rings (SSSR count). The average molecular weight is 239 g/mol. The van der Waals surface area contributed by atoms with Crippen molar-refractivity contribution >= 4 is 5.91 Å². The minimum atomic E-state index is 0.0425. The molecule has 6 nitrogen and oxygen atoms in total. The van der Waals surface area contributed by atoms with Gasteiger partial charge in [0.15, 0.2) is 5.82 Å². The lowest BCUT2D eigenvalue weighted by Crippen LogP contribution is -2.35. The Morgan fingerprint density at radius 2 is 2.35 bits per heavy atom. The molecular formula is C11H17N3O3. The monoisotopic (exact) mass is 239 g/mol. The van der Waals surface area contributed by atoms with Crippen LogP contribution in [0.1, 0.15) is 37.4 Å². The van der Waals surface area contributed by atoms with Crippen LogP contribution in [0.15, 0.2) is 4.52 Å². The van der Waals surface area contributed by atoms with Crippen LogP contribution in [-0.4, -0.2) is 34.3 Å². The van der Waals surface area contributed by atoms with Gasteiger partial charge in [-0.05, 0) is 26.2 Å². The molecule has 0 aliphatic carbocycles. The van der Waals surface area contributed by atoms with Gasteiger partial charge in [0.05, 0.1) is 6.61 Å². The van der Waals surface area contributed by atoms with Crippen molar-refractivity contribution in [3.8, 4) is 0 Å². The van der Waals surface area contributed by atoms with Crippen molar-refractivity contribution in [2.45, 2.75) is 39.0 Å². The Morgan fingerprint density at radius 1 is 1.47 bits per heavy atom. The maximum Gasteiger partial charge on any atom is 0.246 e. The van der Waals surface area contributed by atoms with Crippen LogP contribution in [0, 0.1) is 6.92 Å². The molecule has 1 aliphatic heterocycles. The van der Waals surface area contributed by atoms with Crippen LogP contribution < -0.4 is 0 Å². The topological polar surface area (TPSA) is 68.5 Å². The minimum Gasteiger partial charge on any atom is -0.339 e. The highest BCUT2D eigenvalue weighted by molar-refractivity contribution is 5.75. The van der Waals surface area contributed by atoms with Crippen molar-refractivity contribution in [3.63, 3.8) is 0 Å². The number of aryl methyl sites for hydroxylation is 2. The largest absolute Gasteiger partial charge is 0.339 e. The van der Waals surface area contributed by atoms with E-state index in [0.29, 0.717) is 44.1 Å². The summed E-state index contributed by atoms with van der Waals surface area (Å²) in [5.74, 6) is 1.27. The highest BCUT2D eigenvalue weighted by atomic mass is 16.7. The number of rotatable bonds is 4. The van der Waals surface area contributed by atoms with Gasteiger partial charge in [-0.1, -0.05) is 5.16 Å². The van der Waals surface area contributed by atoms with Gasteiger partial charge in [-0.3, -0.25) is 9.63 Å². The van der Waals surface area contributed by atoms with Crippen molar-refractivity contribution in [3.05, 3.63) is 11.7 Å². The first-order valence-electron chi connectivity index (χ1n) is 5.98. The predicted molar refractivity (Wildman–Crippen MR) is 58.9 cm³/mol. The van der Waals surface area contributed by atoms with E-state index in [1.807, 2.05) is 0 Å². The number of carbonyl (C=O) groups excluding carboxylic acids is 1. The molecule has 0 spiro atoms. The maximum absolute atomic E-state index is 11.7. The second-order valence-electron chi connectivity index (χ2n) is 4.13. The number of aromatic nitrogens is 2. The molecule has 0 aromatic carbocycles. The number of carbonyl (C=O) groups is 1. The Kier molecular flexibility index (Phi) is 4.08. The Balaban J connectivity index is 1.69. The summed E-state index contributed by atoms with van der Waals surface area (Å²) in [6.07, 6.45) is 3.86. The molecule has 1 aromatic heterocycles. The average Bonchev–Trinajstić information content (AvgIpc) is 2.76. The first-order chi connectivity index (χ1) is 8.25. The normalized spacial score (nSPS) is 16.2. The fraction of sp³-hybridized carbons (Fsp3) is 0.727. The third-order valence-corrected chi connectivity index (χ3v) is 2.63. The molecule has 0 saturated carbocycles. The fourth-order valence-electron chi connectivity index (χ4n) is 1.75. The van der Waals surface area contributed by atoms with Crippen LogP contribution in [0.25, 0.3) is 0 Å². The van der Waals surface area contributed by atoms with Gasteiger partial charge >= 0.3 is 0 Å². The van der Waals surface area contributed by atoms with Gasteiger partial charge in [0.1, 0.15) is 0 Å². The van der Waals surface area contributed by atoms with E-state index in [0.717, 1.165) is 12.8 Å². The molecule has 1 saturated heterocycles. The van der Waals surface area contributed by atoms with Gasteiger partial charge in [0, 0.05) is 19.4 Å². The zero-order valence-electron chi connectivity index (χ0n) is 10.0. The van der Waals surface area contributed by atoms with Gasteiger partial charge in [-0.2, -0.15) is 4.98 Å². The molecule has 1 aromatic rings. The summed E-state index contributed by atoms with van der Waals surface area (Å²) in [5, 5.41) is 5.17. The summed E-state index contributed by atoms with van der Waals surface area (Å²) in [4.78, 5) is 21.1. The Labute approximate surface area is 99.9 Å². The molecule has 1 fully saturated rings. The predicted octanol–water partition coefficient (Wildman–Crippen LogP) is 1.25. The molecule has 0 N–H and O–H groups in total. The number of hydrogen-bond donors (Lipinski definition) is 0. The lowest BCUT2D eigenvalue weighted by molar-refractivity contribution is -0.197. The summed E-state index contributed by atoms with van der Waals surface area (Å²) in [7, 11) is 0. The van der Waals surface area contributed by atoms with Crippen LogP contribution >= 0.6 is 0 Å². The quantitative estimate of drug-likeness (QED) is 0.791. The summed E-state index contributed by atoms with van der Waals surface area (Å²) >= 11 is 0. The Hall–Kier alpha value is -1.43. The van der Waals surface area contributed by atoms with Gasteiger partial charge < -0.3 is 4.52 Å². The van der Waals surface area contributed by atoms with E-state index in [1.165, 1.54) is 5.06 Å². The summed E-state index contributed by atoms with van der Waals surface area (Å²) in [5.41, 5.74) is 0. The van der Waals surface area contributed by atoms with Gasteiger partial charge in [-0.25, -0.2) is 5.06 Å². The van der Waals surface area contributed by atoms with Crippen LogP contribution in [0.2, 0.25) is 0 Å². The summed E-state index contributed by atoms with van der Waals surface area (Å²) in [6, 6.07) is 0. The van der Waals surface area contributed by atoms with Gasteiger partial charge in [0.2, 0.25) is 11.8 Å². The Bertz CT molecular complexity index is 372. The molecule has 2 heterocycles. The zero-order valence-corrected chi connectivity index (χ0v) is 10.0. The maximum atomic E-state index is 11.7. The van der Waals surface area contributed by atoms with E-state index >= 15 is 0 Å². The van der Waals surface area contributed by atoms with E-state index in [9.17, 15) is 4.79 Å². The van der Waals surface area contributed by atoms with Crippen molar-refractivity contribution in [2.75, 3.05) is 13.2 Å². The minimum absolute atomic E-state index is 0.0425. The lowest BCUT2D eigenvalue weighted by atomic mass is 10.2. The lowest BCUT2D eigenvalue weighted by Gasteiger charge is -2.25. The Morgan fingerprint density at radius 3 is 3.00 bits per heavy atom. The fourth-order valence-corrected chi connectivity index (χ4v) is 1.75. The van der Waals surface area contributed by atoms with Gasteiger partial charge in [0.25, 0.3) is 0 Å². The highest BCUT2D eigenvalue weighted by Crippen LogP contribution is 2.10. The molecule has 6 heteroatoms. The first kappa shape index (κ1) is 12.0. The van der Waals surface area contributed by atoms with Crippen LogP contribution in [0.3, 0.4) is 0 Å². The van der Waals surface area contributed by atoms with E-state index in [-0.39, 0.29) is 5.91 Å². The summed E-state index contributed by atoms with van der Waals surface area (Å²) in [6.45, 7) is 3.13. The third-order valence-electron chi connectivity index (χ3n) is 2.63. The van der Waals surface area contributed by atoms with E-state index < -0.39 is 0 Å². The molecule has 17 heavy (non-hydrogen) atoms. The molecule has 0 bridgehead atoms. The van der Waals surface area contributed by atoms with Crippen molar-refractivity contribution < 1.29 is 14.2 Å². The number of hydrogen-bond acceptors (Lipinski definition) is 5. The third kappa shape index (κ3) is 3.52. The molecular weight excluding hydrogens is 222 g/mol. The SMILES string of the molecule is Cc1noc(CCCC(=O)N2CCCCO2)n1. The van der Waals surface area contributed by atoms with E-state index in [1.54, 1.807) is 6.92 Å². The van der Waals surface area contributed by atoms with Crippen molar-refractivity contribution in [2.24, 2.45) is 0 Å². The number of amides is 1. The van der Waals surface area contributed by atoms with Crippen molar-refractivity contribution in [1.82, 2.24) is 15.2 Å². The molecule has 94 valence electrons. The van der Waals surface area contributed by atoms with Crippen LogP contribution in [-0.2, 0) is 16.1 Å². The second kappa shape index (κ2) is 5.77. The molecule has 0 atom stereocenters. The molecule has 1 amide bonds. The van der Waals surface area contributed by atoms with Gasteiger partial charge in [-0.15, -0.1) is 0 Å². The van der Waals surface area contributed by atoms with Crippen LogP contribution in [0.4, 0.5) is 0 Å².